The topological polar surface area (TPSA) is 81.2 Å². The van der Waals surface area contributed by atoms with E-state index in [0.717, 1.165) is 57.2 Å². The summed E-state index contributed by atoms with van der Waals surface area (Å²) in [5.74, 6) is 0.586. The van der Waals surface area contributed by atoms with E-state index in [1.807, 2.05) is 18.2 Å². The Bertz CT molecular complexity index is 988. The van der Waals surface area contributed by atoms with Crippen molar-refractivity contribution in [2.45, 2.75) is 62.9 Å². The Morgan fingerprint density at radius 3 is 2.29 bits per heavy atom. The monoisotopic (exact) mass is 498 g/mol. The zero-order valence-electron chi connectivity index (χ0n) is 20.2. The Hall–Kier alpha value is -2.51. The second kappa shape index (κ2) is 11.0. The van der Waals surface area contributed by atoms with Gasteiger partial charge in [-0.3, -0.25) is 14.9 Å². The molecule has 0 radical (unpaired) electrons. The van der Waals surface area contributed by atoms with Crippen LogP contribution in [0.1, 0.15) is 56.9 Å². The number of hydrogen-bond donors (Lipinski definition) is 1. The summed E-state index contributed by atoms with van der Waals surface area (Å²) in [4.78, 5) is 34.9. The summed E-state index contributed by atoms with van der Waals surface area (Å²) < 4.78 is 7.06. The lowest BCUT2D eigenvalue weighted by molar-refractivity contribution is -0.939. The highest BCUT2D eigenvalue weighted by Gasteiger charge is 2.51. The Labute approximate surface area is 213 Å². The third-order valence-electron chi connectivity index (χ3n) is 8.27. The van der Waals surface area contributed by atoms with Crippen LogP contribution in [0.4, 0.5) is 5.95 Å². The van der Waals surface area contributed by atoms with Gasteiger partial charge in [0.05, 0.1) is 18.5 Å². The summed E-state index contributed by atoms with van der Waals surface area (Å²) >= 11 is 0. The highest BCUT2D eigenvalue weighted by Crippen LogP contribution is 2.42. The third-order valence-corrected chi connectivity index (χ3v) is 8.27. The van der Waals surface area contributed by atoms with Gasteiger partial charge in [0.15, 0.2) is 12.6 Å². The second-order valence-electron chi connectivity index (χ2n) is 10.4. The lowest BCUT2D eigenvalue weighted by atomic mass is 9.74. The van der Waals surface area contributed by atoms with Crippen molar-refractivity contribution in [1.82, 2.24) is 9.97 Å². The fraction of sp³-hybridized carbons (Fsp3) is 0.556. The molecule has 1 unspecified atom stereocenters. The number of halogens is 1. The van der Waals surface area contributed by atoms with E-state index in [0.29, 0.717) is 29.4 Å². The second-order valence-corrected chi connectivity index (χ2v) is 10.4. The van der Waals surface area contributed by atoms with Gasteiger partial charge in [0.2, 0.25) is 5.95 Å². The standard InChI is InChI=1S/C27H34N4O3.ClH/c32-24(30-26-28-15-8-16-29-26)20-31-17-11-21(12-18-31)23(19-31)34-25(33)27(13-6-1-2-7-14-27)22-9-4-3-5-10-22;/h3-5,8-10,15-16,21,23H,1-2,6-7,11-14,17-20H2;1H. The van der Waals surface area contributed by atoms with E-state index < -0.39 is 5.41 Å². The van der Waals surface area contributed by atoms with Gasteiger partial charge >= 0.3 is 5.97 Å². The lowest BCUT2D eigenvalue weighted by Crippen LogP contribution is -3.00. The van der Waals surface area contributed by atoms with E-state index in [-0.39, 0.29) is 30.4 Å². The summed E-state index contributed by atoms with van der Waals surface area (Å²) in [5, 5.41) is 2.82. The molecular formula is C27H35ClN4O3. The number of ether oxygens (including phenoxy) is 1. The Morgan fingerprint density at radius 2 is 1.63 bits per heavy atom. The molecule has 1 aliphatic carbocycles. The van der Waals surface area contributed by atoms with Crippen LogP contribution < -0.4 is 17.7 Å². The number of hydrogen-bond acceptors (Lipinski definition) is 5. The van der Waals surface area contributed by atoms with Crippen LogP contribution in [-0.4, -0.2) is 58.6 Å². The first-order valence-corrected chi connectivity index (χ1v) is 12.8. The number of rotatable bonds is 6. The van der Waals surface area contributed by atoms with Crippen molar-refractivity contribution in [2.75, 3.05) is 31.5 Å². The van der Waals surface area contributed by atoms with Gasteiger partial charge in [0.1, 0.15) is 6.54 Å². The number of benzene rings is 1. The summed E-state index contributed by atoms with van der Waals surface area (Å²) in [7, 11) is 0. The van der Waals surface area contributed by atoms with Gasteiger partial charge < -0.3 is 21.6 Å². The summed E-state index contributed by atoms with van der Waals surface area (Å²) in [6.07, 6.45) is 11.3. The summed E-state index contributed by atoms with van der Waals surface area (Å²) in [6.45, 7) is 2.98. The van der Waals surface area contributed by atoms with Crippen LogP contribution in [0.15, 0.2) is 48.8 Å². The fourth-order valence-electron chi connectivity index (χ4n) is 6.36. The molecule has 7 nitrogen and oxygen atoms in total. The number of nitrogens with zero attached hydrogens (tertiary/aromatic N) is 3. The number of fused-ring (bicyclic) bond motifs is 3. The van der Waals surface area contributed by atoms with Crippen molar-refractivity contribution in [1.29, 1.82) is 0 Å². The molecule has 2 bridgehead atoms. The molecule has 1 amide bonds. The number of carbonyl (C=O) groups is 2. The molecule has 4 fully saturated rings. The largest absolute Gasteiger partial charge is 1.00 e. The van der Waals surface area contributed by atoms with E-state index in [4.69, 9.17) is 4.74 Å². The zero-order valence-corrected chi connectivity index (χ0v) is 21.0. The summed E-state index contributed by atoms with van der Waals surface area (Å²) in [6, 6.07) is 12.0. The predicted molar refractivity (Wildman–Crippen MR) is 129 cm³/mol. The Balaban J connectivity index is 0.00000289. The number of amides is 1. The predicted octanol–water partition coefficient (Wildman–Crippen LogP) is 0.864. The zero-order chi connectivity index (χ0) is 23.4. The van der Waals surface area contributed by atoms with Gasteiger partial charge in [-0.2, -0.15) is 0 Å². The van der Waals surface area contributed by atoms with E-state index >= 15 is 0 Å². The lowest BCUT2D eigenvalue weighted by Gasteiger charge is -2.52. The minimum absolute atomic E-state index is 0. The van der Waals surface area contributed by atoms with Crippen molar-refractivity contribution >= 4 is 17.8 Å². The number of quaternary nitrogens is 1. The molecule has 4 aliphatic rings. The van der Waals surface area contributed by atoms with Crippen LogP contribution in [-0.2, 0) is 19.7 Å². The molecule has 1 aromatic heterocycles. The first-order valence-electron chi connectivity index (χ1n) is 12.8. The van der Waals surface area contributed by atoms with Gasteiger partial charge in [-0.15, -0.1) is 0 Å². The van der Waals surface area contributed by atoms with Gasteiger partial charge in [-0.05, 0) is 24.5 Å². The first-order chi connectivity index (χ1) is 16.6. The molecule has 0 spiro atoms. The average molecular weight is 499 g/mol. The number of nitrogens with one attached hydrogen (secondary N) is 1. The van der Waals surface area contributed by atoms with E-state index in [1.54, 1.807) is 18.5 Å². The molecule has 1 atom stereocenters. The molecule has 35 heavy (non-hydrogen) atoms. The van der Waals surface area contributed by atoms with Crippen LogP contribution in [0.3, 0.4) is 0 Å². The van der Waals surface area contributed by atoms with Gasteiger partial charge in [-0.25, -0.2) is 9.97 Å². The Morgan fingerprint density at radius 1 is 0.971 bits per heavy atom. The molecular weight excluding hydrogens is 464 g/mol. The first kappa shape index (κ1) is 25.6. The maximum absolute atomic E-state index is 13.9. The molecule has 1 N–H and O–H groups in total. The quantitative estimate of drug-likeness (QED) is 0.363. The maximum Gasteiger partial charge on any atom is 0.317 e. The molecule has 1 aromatic carbocycles. The van der Waals surface area contributed by atoms with Crippen molar-refractivity contribution < 1.29 is 31.2 Å². The third kappa shape index (κ3) is 5.51. The van der Waals surface area contributed by atoms with Crippen LogP contribution in [0.25, 0.3) is 0 Å². The van der Waals surface area contributed by atoms with Crippen molar-refractivity contribution in [3.05, 3.63) is 54.4 Å². The molecule has 188 valence electrons. The molecule has 1 saturated carbocycles. The highest BCUT2D eigenvalue weighted by molar-refractivity contribution is 5.89. The number of piperidine rings is 3. The average Bonchev–Trinajstić information content (AvgIpc) is 3.13. The van der Waals surface area contributed by atoms with Crippen LogP contribution in [0.2, 0.25) is 0 Å². The van der Waals surface area contributed by atoms with Crippen LogP contribution in [0.5, 0.6) is 0 Å². The fourth-order valence-corrected chi connectivity index (χ4v) is 6.36. The van der Waals surface area contributed by atoms with E-state index in [2.05, 4.69) is 27.4 Å². The number of anilines is 1. The normalized spacial score (nSPS) is 27.2. The number of carbonyl (C=O) groups excluding carboxylic acids is 2. The van der Waals surface area contributed by atoms with Crippen molar-refractivity contribution in [2.24, 2.45) is 5.92 Å². The maximum atomic E-state index is 13.9. The van der Waals surface area contributed by atoms with Crippen LogP contribution >= 0.6 is 0 Å². The van der Waals surface area contributed by atoms with Crippen molar-refractivity contribution in [3.63, 3.8) is 0 Å². The number of aromatic nitrogens is 2. The van der Waals surface area contributed by atoms with Crippen LogP contribution in [0, 0.1) is 5.92 Å². The summed E-state index contributed by atoms with van der Waals surface area (Å²) in [5.41, 5.74) is 0.547. The minimum Gasteiger partial charge on any atom is -1.00 e. The molecule has 3 saturated heterocycles. The van der Waals surface area contributed by atoms with Gasteiger partial charge in [0.25, 0.3) is 5.91 Å². The smallest absolute Gasteiger partial charge is 0.317 e. The van der Waals surface area contributed by atoms with E-state index in [9.17, 15) is 9.59 Å². The molecule has 3 aliphatic heterocycles. The molecule has 4 heterocycles. The van der Waals surface area contributed by atoms with E-state index in [1.165, 1.54) is 12.8 Å². The molecule has 2 aromatic rings. The van der Waals surface area contributed by atoms with Gasteiger partial charge in [0, 0.05) is 31.2 Å². The highest BCUT2D eigenvalue weighted by atomic mass is 35.5. The Kier molecular flexibility index (Phi) is 8.07. The molecule has 8 heteroatoms. The molecule has 6 rings (SSSR count). The number of esters is 1. The van der Waals surface area contributed by atoms with Gasteiger partial charge in [-0.1, -0.05) is 56.0 Å². The van der Waals surface area contributed by atoms with Crippen molar-refractivity contribution in [3.8, 4) is 0 Å². The minimum atomic E-state index is -0.545. The SMILES string of the molecule is O=C(C[N+]12CCC(CC1)C(OC(=O)C1(c3ccccc3)CCCCCC1)C2)Nc1ncccn1.[Cl-].